The molecule has 0 aliphatic rings. The molecule has 1 heterocycles. The van der Waals surface area contributed by atoms with Crippen molar-refractivity contribution in [2.75, 3.05) is 25.4 Å². The third kappa shape index (κ3) is 5.89. The maximum absolute atomic E-state index is 12.2. The van der Waals surface area contributed by atoms with Crippen molar-refractivity contribution in [2.24, 2.45) is 7.05 Å². The van der Waals surface area contributed by atoms with Crippen molar-refractivity contribution in [3.05, 3.63) is 5.82 Å². The normalized spacial score (nSPS) is 10.3. The molecule has 0 bridgehead atoms. The number of hydrogen-bond acceptors (Lipinski definition) is 7. The van der Waals surface area contributed by atoms with E-state index in [9.17, 15) is 14.4 Å². The lowest BCUT2D eigenvalue weighted by atomic mass is 10.4. The van der Waals surface area contributed by atoms with Gasteiger partial charge in [0.05, 0.1) is 12.4 Å². The third-order valence-electron chi connectivity index (χ3n) is 2.96. The Labute approximate surface area is 138 Å². The highest BCUT2D eigenvalue weighted by Gasteiger charge is 2.18. The van der Waals surface area contributed by atoms with E-state index in [0.29, 0.717) is 11.7 Å². The van der Waals surface area contributed by atoms with Gasteiger partial charge in [0.2, 0.25) is 11.8 Å². The van der Waals surface area contributed by atoms with Crippen LogP contribution in [0.4, 0.5) is 4.79 Å². The fourth-order valence-electron chi connectivity index (χ4n) is 1.60. The molecule has 0 aliphatic carbocycles. The van der Waals surface area contributed by atoms with Gasteiger partial charge in [0.1, 0.15) is 12.4 Å². The smallest absolute Gasteiger partial charge is 0.413 e. The number of carbonyl (C=O) groups is 3. The van der Waals surface area contributed by atoms with E-state index in [1.807, 2.05) is 14.0 Å². The molecule has 0 saturated carbocycles. The zero-order chi connectivity index (χ0) is 17.4. The fourth-order valence-corrected chi connectivity index (χ4v) is 2.46. The molecule has 23 heavy (non-hydrogen) atoms. The Morgan fingerprint density at radius 1 is 1.30 bits per heavy atom. The van der Waals surface area contributed by atoms with Crippen molar-refractivity contribution < 1.29 is 19.1 Å². The van der Waals surface area contributed by atoms with Gasteiger partial charge < -0.3 is 14.2 Å². The minimum atomic E-state index is -0.815. The van der Waals surface area contributed by atoms with Crippen LogP contribution < -0.4 is 5.32 Å². The zero-order valence-electron chi connectivity index (χ0n) is 13.7. The van der Waals surface area contributed by atoms with Crippen LogP contribution in [-0.2, 0) is 21.4 Å². The number of aryl methyl sites for hydroxylation is 1. The largest absolute Gasteiger partial charge is 0.450 e. The van der Waals surface area contributed by atoms with Crippen molar-refractivity contribution in [1.82, 2.24) is 25.0 Å². The summed E-state index contributed by atoms with van der Waals surface area (Å²) in [5, 5.41) is 10.6. The topological polar surface area (TPSA) is 106 Å². The van der Waals surface area contributed by atoms with Crippen LogP contribution in [0.5, 0.6) is 0 Å². The van der Waals surface area contributed by atoms with Gasteiger partial charge >= 0.3 is 6.09 Å². The maximum atomic E-state index is 12.2. The second-order valence-electron chi connectivity index (χ2n) is 4.55. The molecule has 0 aromatic carbocycles. The number of nitrogens with one attached hydrogen (secondary N) is 1. The molecule has 0 saturated heterocycles. The first-order valence-corrected chi connectivity index (χ1v) is 8.10. The van der Waals surface area contributed by atoms with Crippen LogP contribution in [0.2, 0.25) is 0 Å². The average molecular weight is 343 g/mol. The molecule has 0 unspecified atom stereocenters. The van der Waals surface area contributed by atoms with Gasteiger partial charge in [-0.3, -0.25) is 14.9 Å². The van der Waals surface area contributed by atoms with Crippen molar-refractivity contribution in [1.29, 1.82) is 0 Å². The van der Waals surface area contributed by atoms with Crippen molar-refractivity contribution in [3.63, 3.8) is 0 Å². The third-order valence-corrected chi connectivity index (χ3v) is 3.97. The number of thioether (sulfide) groups is 1. The molecule has 0 atom stereocenters. The molecule has 1 aromatic heterocycles. The van der Waals surface area contributed by atoms with Gasteiger partial charge in [0.15, 0.2) is 5.16 Å². The summed E-state index contributed by atoms with van der Waals surface area (Å²) < 4.78 is 6.39. The quantitative estimate of drug-likeness (QED) is 0.711. The number of ether oxygens (including phenoxy) is 1. The number of alkyl carbamates (subject to hydrolysis) is 1. The first-order chi connectivity index (χ1) is 10.9. The molecular formula is C13H21N5O4S. The molecule has 1 N–H and O–H groups in total. The molecule has 3 amide bonds. The molecule has 0 fully saturated rings. The van der Waals surface area contributed by atoms with Gasteiger partial charge in [-0.25, -0.2) is 4.79 Å². The van der Waals surface area contributed by atoms with E-state index in [1.165, 1.54) is 16.7 Å². The fraction of sp³-hybridized carbons (Fsp3) is 0.615. The Morgan fingerprint density at radius 2 is 2.00 bits per heavy atom. The predicted octanol–water partition coefficient (Wildman–Crippen LogP) is 0.337. The van der Waals surface area contributed by atoms with Crippen LogP contribution in [0, 0.1) is 6.92 Å². The minimum Gasteiger partial charge on any atom is -0.450 e. The van der Waals surface area contributed by atoms with Crippen LogP contribution in [0.1, 0.15) is 19.7 Å². The molecule has 0 radical (unpaired) electrons. The monoisotopic (exact) mass is 343 g/mol. The van der Waals surface area contributed by atoms with E-state index in [4.69, 9.17) is 0 Å². The molecule has 1 rings (SSSR count). The number of carbonyl (C=O) groups excluding carboxylic acids is 3. The Balaban J connectivity index is 2.50. The molecule has 0 aliphatic heterocycles. The number of likely N-dealkylation sites (N-methyl/N-ethyl adjacent to an activating group) is 1. The van der Waals surface area contributed by atoms with Crippen molar-refractivity contribution in [3.8, 4) is 0 Å². The first kappa shape index (κ1) is 18.9. The Kier molecular flexibility index (Phi) is 7.52. The summed E-state index contributed by atoms with van der Waals surface area (Å²) in [6.45, 7) is 5.53. The summed E-state index contributed by atoms with van der Waals surface area (Å²) in [5.41, 5.74) is 0. The number of rotatable bonds is 7. The van der Waals surface area contributed by atoms with Gasteiger partial charge in [-0.05, 0) is 20.8 Å². The molecule has 9 nitrogen and oxygen atoms in total. The van der Waals surface area contributed by atoms with Gasteiger partial charge in [0, 0.05) is 13.6 Å². The highest BCUT2D eigenvalue weighted by Crippen LogP contribution is 2.15. The van der Waals surface area contributed by atoms with E-state index in [1.54, 1.807) is 18.4 Å². The van der Waals surface area contributed by atoms with Crippen molar-refractivity contribution in [2.45, 2.75) is 25.9 Å². The van der Waals surface area contributed by atoms with E-state index in [-0.39, 0.29) is 24.8 Å². The molecule has 10 heteroatoms. The first-order valence-electron chi connectivity index (χ1n) is 7.12. The van der Waals surface area contributed by atoms with Gasteiger partial charge in [-0.15, -0.1) is 10.2 Å². The highest BCUT2D eigenvalue weighted by atomic mass is 32.2. The van der Waals surface area contributed by atoms with Gasteiger partial charge in [-0.1, -0.05) is 11.8 Å². The summed E-state index contributed by atoms with van der Waals surface area (Å²) in [4.78, 5) is 36.4. The second kappa shape index (κ2) is 9.13. The minimum absolute atomic E-state index is 0.131. The zero-order valence-corrected chi connectivity index (χ0v) is 14.5. The predicted molar refractivity (Wildman–Crippen MR) is 83.9 cm³/mol. The number of aromatic nitrogens is 3. The SMILES string of the molecule is CCOC(=O)NC(=O)CN(CC)C(=O)CSc1nnc(C)n1C. The Bertz CT molecular complexity index is 575. The average Bonchev–Trinajstić information content (AvgIpc) is 2.82. The summed E-state index contributed by atoms with van der Waals surface area (Å²) in [6.07, 6.45) is -0.815. The van der Waals surface area contributed by atoms with Gasteiger partial charge in [-0.2, -0.15) is 0 Å². The summed E-state index contributed by atoms with van der Waals surface area (Å²) in [5.74, 6) is 0.0726. The van der Waals surface area contributed by atoms with Crippen LogP contribution in [0.15, 0.2) is 5.16 Å². The lowest BCUT2D eigenvalue weighted by molar-refractivity contribution is -0.133. The molecule has 128 valence electrons. The van der Waals surface area contributed by atoms with Crippen LogP contribution in [-0.4, -0.2) is 63.0 Å². The van der Waals surface area contributed by atoms with E-state index in [0.717, 1.165) is 5.82 Å². The van der Waals surface area contributed by atoms with Crippen LogP contribution in [0.25, 0.3) is 0 Å². The molecule has 0 spiro atoms. The summed E-state index contributed by atoms with van der Waals surface area (Å²) >= 11 is 1.24. The van der Waals surface area contributed by atoms with Crippen LogP contribution >= 0.6 is 11.8 Å². The van der Waals surface area contributed by atoms with Crippen LogP contribution in [0.3, 0.4) is 0 Å². The van der Waals surface area contributed by atoms with E-state index < -0.39 is 12.0 Å². The molecule has 1 aromatic rings. The van der Waals surface area contributed by atoms with Crippen molar-refractivity contribution >= 4 is 29.7 Å². The number of nitrogens with zero attached hydrogens (tertiary/aromatic N) is 4. The molecular weight excluding hydrogens is 322 g/mol. The number of hydrogen-bond donors (Lipinski definition) is 1. The Morgan fingerprint density at radius 3 is 2.52 bits per heavy atom. The van der Waals surface area contributed by atoms with Gasteiger partial charge in [0.25, 0.3) is 0 Å². The number of imide groups is 1. The lowest BCUT2D eigenvalue weighted by Crippen LogP contribution is -2.43. The Hall–Kier alpha value is -2.10. The lowest BCUT2D eigenvalue weighted by Gasteiger charge is -2.19. The van der Waals surface area contributed by atoms with E-state index >= 15 is 0 Å². The summed E-state index contributed by atoms with van der Waals surface area (Å²) in [7, 11) is 1.81. The standard InChI is InChI=1S/C13H21N5O4S/c1-5-18(7-10(19)14-13(21)22-6-2)11(20)8-23-12-16-15-9(3)17(12)4/h5-8H2,1-4H3,(H,14,19,21). The second-order valence-corrected chi connectivity index (χ2v) is 5.50. The number of amides is 3. The highest BCUT2D eigenvalue weighted by molar-refractivity contribution is 7.99. The van der Waals surface area contributed by atoms with E-state index in [2.05, 4.69) is 20.3 Å². The summed E-state index contributed by atoms with van der Waals surface area (Å²) in [6, 6.07) is 0. The maximum Gasteiger partial charge on any atom is 0.413 e.